The second-order valence-electron chi connectivity index (χ2n) is 7.09. The van der Waals surface area contributed by atoms with E-state index in [2.05, 4.69) is 5.32 Å². The highest BCUT2D eigenvalue weighted by Crippen LogP contribution is 2.33. The molecule has 0 radical (unpaired) electrons. The van der Waals surface area contributed by atoms with Crippen molar-refractivity contribution < 1.29 is 33.3 Å². The summed E-state index contributed by atoms with van der Waals surface area (Å²) in [6.45, 7) is 2.01. The van der Waals surface area contributed by atoms with Crippen LogP contribution in [0.2, 0.25) is 0 Å². The molecule has 0 bridgehead atoms. The molecule has 1 unspecified atom stereocenters. The van der Waals surface area contributed by atoms with Crippen LogP contribution < -0.4 is 24.4 Å². The first kappa shape index (κ1) is 20.5. The van der Waals surface area contributed by atoms with E-state index in [0.717, 1.165) is 5.56 Å². The molecule has 1 N–H and O–H groups in total. The molecule has 2 amide bonds. The number of carbonyl (C=O) groups excluding carboxylic acids is 3. The summed E-state index contributed by atoms with van der Waals surface area (Å²) < 4.78 is 21.2. The smallest absolute Gasteiger partial charge is 0.308 e. The van der Waals surface area contributed by atoms with Crippen molar-refractivity contribution in [3.05, 3.63) is 48.0 Å². The molecule has 0 aromatic heterocycles. The standard InChI is InChI=1S/C22H22N2O7/c1-14(22(27)23-11-15-6-7-18-19(10-15)30-13-29-18)31-21(26)8-9-24-16-4-2-3-5-17(16)28-12-20(24)25/h2-7,10,14H,8-9,11-13H2,1H3,(H,23,27). The number of nitrogens with one attached hydrogen (secondary N) is 1. The highest BCUT2D eigenvalue weighted by molar-refractivity contribution is 5.98. The number of rotatable bonds is 7. The van der Waals surface area contributed by atoms with Gasteiger partial charge in [-0.05, 0) is 36.8 Å². The van der Waals surface area contributed by atoms with Crippen molar-refractivity contribution in [1.82, 2.24) is 5.32 Å². The Morgan fingerprint density at radius 2 is 1.90 bits per heavy atom. The van der Waals surface area contributed by atoms with Crippen molar-refractivity contribution >= 4 is 23.5 Å². The van der Waals surface area contributed by atoms with E-state index in [4.69, 9.17) is 18.9 Å². The summed E-state index contributed by atoms with van der Waals surface area (Å²) in [7, 11) is 0. The first-order valence-corrected chi connectivity index (χ1v) is 9.89. The van der Waals surface area contributed by atoms with Gasteiger partial charge in [-0.15, -0.1) is 0 Å². The topological polar surface area (TPSA) is 103 Å². The number of fused-ring (bicyclic) bond motifs is 2. The molecule has 2 aliphatic heterocycles. The number of para-hydroxylation sites is 2. The van der Waals surface area contributed by atoms with Crippen LogP contribution in [0.4, 0.5) is 5.69 Å². The number of carbonyl (C=O) groups is 3. The van der Waals surface area contributed by atoms with E-state index in [1.807, 2.05) is 12.1 Å². The minimum atomic E-state index is -0.964. The van der Waals surface area contributed by atoms with Gasteiger partial charge < -0.3 is 29.2 Å². The normalized spacial score (nSPS) is 15.0. The summed E-state index contributed by atoms with van der Waals surface area (Å²) in [5, 5.41) is 2.73. The Morgan fingerprint density at radius 3 is 2.77 bits per heavy atom. The van der Waals surface area contributed by atoms with Crippen LogP contribution in [-0.4, -0.2) is 43.8 Å². The fraction of sp³-hybridized carbons (Fsp3) is 0.318. The van der Waals surface area contributed by atoms with E-state index in [1.54, 1.807) is 30.3 Å². The maximum Gasteiger partial charge on any atom is 0.308 e. The Labute approximate surface area is 178 Å². The lowest BCUT2D eigenvalue weighted by atomic mass is 10.2. The van der Waals surface area contributed by atoms with Gasteiger partial charge in [0.05, 0.1) is 12.1 Å². The van der Waals surface area contributed by atoms with Crippen molar-refractivity contribution in [3.8, 4) is 17.2 Å². The molecule has 2 aromatic carbocycles. The Kier molecular flexibility index (Phi) is 5.92. The molecule has 1 atom stereocenters. The number of hydrogen-bond donors (Lipinski definition) is 1. The van der Waals surface area contributed by atoms with Crippen molar-refractivity contribution in [3.63, 3.8) is 0 Å². The first-order valence-electron chi connectivity index (χ1n) is 9.89. The van der Waals surface area contributed by atoms with Gasteiger partial charge in [0, 0.05) is 13.1 Å². The van der Waals surface area contributed by atoms with Crippen LogP contribution in [0.15, 0.2) is 42.5 Å². The summed E-state index contributed by atoms with van der Waals surface area (Å²) in [6, 6.07) is 12.5. The third kappa shape index (κ3) is 4.71. The molecule has 2 aliphatic rings. The zero-order valence-electron chi connectivity index (χ0n) is 17.0. The highest BCUT2D eigenvalue weighted by atomic mass is 16.7. The molecule has 2 aromatic rings. The number of ether oxygens (including phenoxy) is 4. The van der Waals surface area contributed by atoms with Crippen LogP contribution in [0.25, 0.3) is 0 Å². The second kappa shape index (κ2) is 8.95. The Balaban J connectivity index is 1.25. The Hall–Kier alpha value is -3.75. The first-order chi connectivity index (χ1) is 15.0. The fourth-order valence-corrected chi connectivity index (χ4v) is 3.30. The molecule has 0 fully saturated rings. The average Bonchev–Trinajstić information content (AvgIpc) is 3.24. The van der Waals surface area contributed by atoms with Gasteiger partial charge in [0.1, 0.15) is 5.75 Å². The number of nitrogens with zero attached hydrogens (tertiary/aromatic N) is 1. The van der Waals surface area contributed by atoms with E-state index in [9.17, 15) is 14.4 Å². The average molecular weight is 426 g/mol. The largest absolute Gasteiger partial charge is 0.482 e. The van der Waals surface area contributed by atoms with Crippen molar-refractivity contribution in [2.24, 2.45) is 0 Å². The van der Waals surface area contributed by atoms with E-state index < -0.39 is 18.0 Å². The molecular formula is C22H22N2O7. The fourth-order valence-electron chi connectivity index (χ4n) is 3.30. The predicted octanol–water partition coefficient (Wildman–Crippen LogP) is 1.78. The van der Waals surface area contributed by atoms with Gasteiger partial charge in [-0.3, -0.25) is 14.4 Å². The quantitative estimate of drug-likeness (QED) is 0.673. The molecular weight excluding hydrogens is 404 g/mol. The summed E-state index contributed by atoms with van der Waals surface area (Å²) in [5.74, 6) is 0.665. The molecule has 4 rings (SSSR count). The maximum atomic E-state index is 12.3. The third-order valence-corrected chi connectivity index (χ3v) is 4.93. The zero-order chi connectivity index (χ0) is 21.8. The van der Waals surface area contributed by atoms with Gasteiger partial charge in [-0.25, -0.2) is 0 Å². The molecule has 9 heteroatoms. The molecule has 0 aliphatic carbocycles. The van der Waals surface area contributed by atoms with E-state index >= 15 is 0 Å². The lowest BCUT2D eigenvalue weighted by Crippen LogP contribution is -2.41. The molecule has 0 saturated carbocycles. The molecule has 0 spiro atoms. The second-order valence-corrected chi connectivity index (χ2v) is 7.09. The summed E-state index contributed by atoms with van der Waals surface area (Å²) in [6.07, 6.45) is -1.01. The van der Waals surface area contributed by atoms with Gasteiger partial charge in [0.15, 0.2) is 24.2 Å². The van der Waals surface area contributed by atoms with E-state index in [0.29, 0.717) is 22.9 Å². The van der Waals surface area contributed by atoms with Gasteiger partial charge in [0.25, 0.3) is 11.8 Å². The third-order valence-electron chi connectivity index (χ3n) is 4.93. The van der Waals surface area contributed by atoms with E-state index in [1.165, 1.54) is 11.8 Å². The summed E-state index contributed by atoms with van der Waals surface area (Å²) in [4.78, 5) is 38.2. The summed E-state index contributed by atoms with van der Waals surface area (Å²) in [5.41, 5.74) is 1.45. The molecule has 2 heterocycles. The van der Waals surface area contributed by atoms with Crippen LogP contribution in [0, 0.1) is 0 Å². The van der Waals surface area contributed by atoms with Crippen molar-refractivity contribution in [2.45, 2.75) is 26.0 Å². The van der Waals surface area contributed by atoms with Gasteiger partial charge in [-0.2, -0.15) is 0 Å². The molecule has 162 valence electrons. The Bertz CT molecular complexity index is 1010. The number of benzene rings is 2. The molecule has 31 heavy (non-hydrogen) atoms. The zero-order valence-corrected chi connectivity index (χ0v) is 17.0. The monoisotopic (exact) mass is 426 g/mol. The molecule has 9 nitrogen and oxygen atoms in total. The van der Waals surface area contributed by atoms with Crippen molar-refractivity contribution in [1.29, 1.82) is 0 Å². The van der Waals surface area contributed by atoms with Crippen molar-refractivity contribution in [2.75, 3.05) is 24.8 Å². The van der Waals surface area contributed by atoms with Gasteiger partial charge >= 0.3 is 5.97 Å². The number of amides is 2. The van der Waals surface area contributed by atoms with Gasteiger partial charge in [0.2, 0.25) is 6.79 Å². The highest BCUT2D eigenvalue weighted by Gasteiger charge is 2.26. The SMILES string of the molecule is CC(OC(=O)CCN1C(=O)COc2ccccc21)C(=O)NCc1ccc2c(c1)OCO2. The van der Waals surface area contributed by atoms with Crippen LogP contribution in [0.3, 0.4) is 0 Å². The number of hydrogen-bond acceptors (Lipinski definition) is 7. The predicted molar refractivity (Wildman–Crippen MR) is 109 cm³/mol. The van der Waals surface area contributed by atoms with Crippen LogP contribution in [0.1, 0.15) is 18.9 Å². The van der Waals surface area contributed by atoms with E-state index in [-0.39, 0.29) is 38.8 Å². The minimum Gasteiger partial charge on any atom is -0.482 e. The minimum absolute atomic E-state index is 0.0418. The maximum absolute atomic E-state index is 12.3. The van der Waals surface area contributed by atoms with Gasteiger partial charge in [-0.1, -0.05) is 18.2 Å². The lowest BCUT2D eigenvalue weighted by Gasteiger charge is -2.29. The van der Waals surface area contributed by atoms with Crippen LogP contribution >= 0.6 is 0 Å². The van der Waals surface area contributed by atoms with Crippen LogP contribution in [-0.2, 0) is 25.7 Å². The Morgan fingerprint density at radius 1 is 1.10 bits per heavy atom. The lowest BCUT2D eigenvalue weighted by molar-refractivity contribution is -0.154. The number of esters is 1. The summed E-state index contributed by atoms with van der Waals surface area (Å²) >= 11 is 0. The molecule has 0 saturated heterocycles. The number of anilines is 1. The van der Waals surface area contributed by atoms with Crippen LogP contribution in [0.5, 0.6) is 17.2 Å².